The lowest BCUT2D eigenvalue weighted by atomic mass is 10.2. The summed E-state index contributed by atoms with van der Waals surface area (Å²) in [5.41, 5.74) is 1.43. The van der Waals surface area contributed by atoms with Crippen molar-refractivity contribution in [3.63, 3.8) is 0 Å². The Bertz CT molecular complexity index is 975. The van der Waals surface area contributed by atoms with Crippen LogP contribution in [0.25, 0.3) is 20.7 Å². The summed E-state index contributed by atoms with van der Waals surface area (Å²) >= 11 is 7.31. The summed E-state index contributed by atoms with van der Waals surface area (Å²) in [6.45, 7) is 4.03. The zero-order valence-electron chi connectivity index (χ0n) is 14.7. The molecule has 26 heavy (non-hydrogen) atoms. The number of aromatic nitrogens is 2. The molecule has 2 aromatic heterocycles. The van der Waals surface area contributed by atoms with Crippen LogP contribution in [0, 0.1) is 0 Å². The Kier molecular flexibility index (Phi) is 5.74. The molecule has 0 saturated carbocycles. The van der Waals surface area contributed by atoms with Crippen molar-refractivity contribution in [1.29, 1.82) is 0 Å². The predicted molar refractivity (Wildman–Crippen MR) is 107 cm³/mol. The Morgan fingerprint density at radius 2 is 1.96 bits per heavy atom. The van der Waals surface area contributed by atoms with Crippen molar-refractivity contribution < 1.29 is 4.79 Å². The monoisotopic (exact) mass is 389 g/mol. The molecule has 0 aliphatic carbocycles. The van der Waals surface area contributed by atoms with Gasteiger partial charge in [0.2, 0.25) is 5.91 Å². The summed E-state index contributed by atoms with van der Waals surface area (Å²) in [5.74, 6) is -0.170. The molecule has 2 heterocycles. The minimum Gasteiger partial charge on any atom is -0.352 e. The van der Waals surface area contributed by atoms with Gasteiger partial charge in [-0.25, -0.2) is 4.98 Å². The highest BCUT2D eigenvalue weighted by Crippen LogP contribution is 2.31. The van der Waals surface area contributed by atoms with Gasteiger partial charge in [0.1, 0.15) is 11.2 Å². The van der Waals surface area contributed by atoms with Crippen LogP contribution in [0.3, 0.4) is 0 Å². The first-order chi connectivity index (χ1) is 12.5. The van der Waals surface area contributed by atoms with Gasteiger partial charge in [0.15, 0.2) is 0 Å². The molecule has 0 unspecified atom stereocenters. The van der Waals surface area contributed by atoms with Crippen LogP contribution in [0.15, 0.2) is 41.5 Å². The van der Waals surface area contributed by atoms with Crippen LogP contribution >= 0.6 is 22.9 Å². The molecule has 0 saturated heterocycles. The summed E-state index contributed by atoms with van der Waals surface area (Å²) in [6.07, 6.45) is 3.17. The average Bonchev–Trinajstić information content (AvgIpc) is 3.08. The van der Waals surface area contributed by atoms with Gasteiger partial charge in [-0.1, -0.05) is 37.6 Å². The second kappa shape index (κ2) is 8.01. The first-order valence-electron chi connectivity index (χ1n) is 8.56. The van der Waals surface area contributed by atoms with Crippen molar-refractivity contribution in [1.82, 2.24) is 14.9 Å². The number of amides is 1. The van der Waals surface area contributed by atoms with E-state index in [1.807, 2.05) is 44.2 Å². The Hall–Kier alpha value is -2.18. The third kappa shape index (κ3) is 3.97. The number of hydrogen-bond donors (Lipinski definition) is 1. The van der Waals surface area contributed by atoms with Crippen molar-refractivity contribution in [2.75, 3.05) is 0 Å². The lowest BCUT2D eigenvalue weighted by molar-refractivity contribution is -0.122. The Labute approximate surface area is 160 Å². The zero-order valence-corrected chi connectivity index (χ0v) is 16.2. The van der Waals surface area contributed by atoms with E-state index in [0.29, 0.717) is 15.2 Å². The number of benzene rings is 1. The lowest BCUT2D eigenvalue weighted by Gasteiger charge is -2.15. The maximum Gasteiger partial charge on any atom is 0.271 e. The van der Waals surface area contributed by atoms with Crippen molar-refractivity contribution in [3.05, 3.63) is 52.0 Å². The molecule has 0 aliphatic rings. The maximum absolute atomic E-state index is 12.7. The summed E-state index contributed by atoms with van der Waals surface area (Å²) in [6, 6.07) is 9.47. The second-order valence-electron chi connectivity index (χ2n) is 6.09. The summed E-state index contributed by atoms with van der Waals surface area (Å²) in [7, 11) is 0. The van der Waals surface area contributed by atoms with Crippen LogP contribution in [-0.2, 0) is 11.3 Å². The van der Waals surface area contributed by atoms with E-state index in [4.69, 9.17) is 11.6 Å². The largest absolute Gasteiger partial charge is 0.352 e. The van der Waals surface area contributed by atoms with Crippen molar-refractivity contribution in [2.45, 2.75) is 39.3 Å². The van der Waals surface area contributed by atoms with Gasteiger partial charge in [-0.05, 0) is 36.6 Å². The third-order valence-corrected chi connectivity index (χ3v) is 5.71. The average molecular weight is 390 g/mol. The van der Waals surface area contributed by atoms with Crippen LogP contribution in [0.1, 0.15) is 26.7 Å². The van der Waals surface area contributed by atoms with Gasteiger partial charge in [0.05, 0.1) is 11.8 Å². The molecule has 3 aromatic rings. The van der Waals surface area contributed by atoms with E-state index in [2.05, 4.69) is 10.3 Å². The number of hydrogen-bond acceptors (Lipinski definition) is 4. The fourth-order valence-electron chi connectivity index (χ4n) is 2.74. The summed E-state index contributed by atoms with van der Waals surface area (Å²) < 4.78 is 1.91. The molecule has 7 heteroatoms. The Morgan fingerprint density at radius 1 is 1.27 bits per heavy atom. The quantitative estimate of drug-likeness (QED) is 0.690. The van der Waals surface area contributed by atoms with Crippen LogP contribution in [-0.4, -0.2) is 21.5 Å². The summed E-state index contributed by atoms with van der Waals surface area (Å²) in [5, 5.41) is 3.61. The zero-order chi connectivity index (χ0) is 18.7. The second-order valence-corrected chi connectivity index (χ2v) is 7.58. The van der Waals surface area contributed by atoms with E-state index >= 15 is 0 Å². The number of nitrogens with zero attached hydrogens (tertiary/aromatic N) is 2. The van der Waals surface area contributed by atoms with E-state index in [1.54, 1.807) is 0 Å². The molecule has 0 radical (unpaired) electrons. The van der Waals surface area contributed by atoms with Gasteiger partial charge in [-0.3, -0.25) is 14.2 Å². The summed E-state index contributed by atoms with van der Waals surface area (Å²) in [4.78, 5) is 30.2. The molecule has 136 valence electrons. The van der Waals surface area contributed by atoms with Crippen molar-refractivity contribution >= 4 is 39.1 Å². The van der Waals surface area contributed by atoms with Gasteiger partial charge in [-0.15, -0.1) is 11.3 Å². The highest BCUT2D eigenvalue weighted by Gasteiger charge is 2.14. The normalized spacial score (nSPS) is 11.2. The van der Waals surface area contributed by atoms with Gasteiger partial charge < -0.3 is 5.32 Å². The first kappa shape index (κ1) is 18.6. The van der Waals surface area contributed by atoms with E-state index in [-0.39, 0.29) is 24.1 Å². The van der Waals surface area contributed by atoms with Crippen molar-refractivity contribution in [3.8, 4) is 10.4 Å². The fraction of sp³-hybridized carbons (Fsp3) is 0.316. The fourth-order valence-corrected chi connectivity index (χ4v) is 3.93. The van der Waals surface area contributed by atoms with Crippen LogP contribution in [0.5, 0.6) is 0 Å². The van der Waals surface area contributed by atoms with Crippen molar-refractivity contribution in [2.24, 2.45) is 0 Å². The number of carbonyl (C=O) groups excluding carboxylic acids is 1. The molecular weight excluding hydrogens is 370 g/mol. The number of carbonyl (C=O) groups is 1. The van der Waals surface area contributed by atoms with E-state index < -0.39 is 0 Å². The van der Waals surface area contributed by atoms with Crippen LogP contribution in [0.2, 0.25) is 5.02 Å². The molecule has 0 fully saturated rings. The molecule has 0 aliphatic heterocycles. The van der Waals surface area contributed by atoms with E-state index in [9.17, 15) is 9.59 Å². The smallest absolute Gasteiger partial charge is 0.271 e. The molecular formula is C19H20ClN3O2S. The van der Waals surface area contributed by atoms with Gasteiger partial charge in [0, 0.05) is 15.9 Å². The number of thiophene rings is 1. The maximum atomic E-state index is 12.7. The molecule has 0 bridgehead atoms. The van der Waals surface area contributed by atoms with E-state index in [1.165, 1.54) is 22.2 Å². The molecule has 1 N–H and O–H groups in total. The topological polar surface area (TPSA) is 64.0 Å². The molecule has 0 spiro atoms. The molecule has 1 aromatic carbocycles. The standard InChI is InChI=1S/C19H20ClN3O2S/c1-3-14(4-2)22-17(24)10-23-11-21-15-9-16(26-18(15)19(23)25)12-5-7-13(20)8-6-12/h5-9,11,14H,3-4,10H2,1-2H3,(H,22,24). The highest BCUT2D eigenvalue weighted by atomic mass is 35.5. The molecule has 1 amide bonds. The predicted octanol–water partition coefficient (Wildman–Crippen LogP) is 4.08. The molecule has 3 rings (SSSR count). The van der Waals surface area contributed by atoms with E-state index in [0.717, 1.165) is 23.3 Å². The van der Waals surface area contributed by atoms with Crippen LogP contribution < -0.4 is 10.9 Å². The molecule has 5 nitrogen and oxygen atoms in total. The van der Waals surface area contributed by atoms with Gasteiger partial charge in [-0.2, -0.15) is 0 Å². The number of fused-ring (bicyclic) bond motifs is 1. The third-order valence-electron chi connectivity index (χ3n) is 4.30. The lowest BCUT2D eigenvalue weighted by Crippen LogP contribution is -2.38. The SMILES string of the molecule is CCC(CC)NC(=O)Cn1cnc2cc(-c3ccc(Cl)cc3)sc2c1=O. The number of nitrogens with one attached hydrogen (secondary N) is 1. The Morgan fingerprint density at radius 3 is 2.62 bits per heavy atom. The van der Waals surface area contributed by atoms with Gasteiger partial charge >= 0.3 is 0 Å². The minimum absolute atomic E-state index is 0.0214. The van der Waals surface area contributed by atoms with Gasteiger partial charge in [0.25, 0.3) is 5.56 Å². The van der Waals surface area contributed by atoms with Crippen LogP contribution in [0.4, 0.5) is 0 Å². The molecule has 0 atom stereocenters. The number of halogens is 1. The Balaban J connectivity index is 1.87. The number of rotatable bonds is 6. The highest BCUT2D eigenvalue weighted by molar-refractivity contribution is 7.22. The first-order valence-corrected chi connectivity index (χ1v) is 9.75. The minimum atomic E-state index is -0.195.